The van der Waals surface area contributed by atoms with E-state index in [1.54, 1.807) is 0 Å². The average molecular weight is 426 g/mol. The predicted molar refractivity (Wildman–Crippen MR) is 137 cm³/mol. The molecule has 0 spiro atoms. The third-order valence-electron chi connectivity index (χ3n) is 7.21. The molecule has 1 aromatic carbocycles. The van der Waals surface area contributed by atoms with Crippen LogP contribution in [0.2, 0.25) is 0 Å². The molecule has 0 bridgehead atoms. The van der Waals surface area contributed by atoms with Gasteiger partial charge in [-0.25, -0.2) is 4.99 Å². The fraction of sp³-hybridized carbons (Fsp3) is 0.750. The first-order valence-corrected chi connectivity index (χ1v) is 13.1. The van der Waals surface area contributed by atoms with Crippen LogP contribution in [0.25, 0.3) is 0 Å². The van der Waals surface area contributed by atoms with E-state index in [-0.39, 0.29) is 0 Å². The van der Waals surface area contributed by atoms with Crippen molar-refractivity contribution in [3.05, 3.63) is 28.8 Å². The molecule has 2 aliphatic rings. The van der Waals surface area contributed by atoms with Crippen LogP contribution in [0.1, 0.15) is 140 Å². The summed E-state index contributed by atoms with van der Waals surface area (Å²) in [6, 6.07) is 5.89. The minimum atomic E-state index is 0.465. The van der Waals surface area contributed by atoms with Gasteiger partial charge in [-0.1, -0.05) is 92.2 Å². The molecule has 0 unspecified atom stereocenters. The van der Waals surface area contributed by atoms with E-state index in [4.69, 9.17) is 4.99 Å². The Labute approximate surface area is 191 Å². The Bertz CT molecular complexity index is 691. The van der Waals surface area contributed by atoms with Crippen LogP contribution < -0.4 is 10.6 Å². The Morgan fingerprint density at radius 2 is 1.26 bits per heavy atom. The predicted octanol–water partition coefficient (Wildman–Crippen LogP) is 8.08. The van der Waals surface area contributed by atoms with E-state index in [0.29, 0.717) is 29.8 Å². The first kappa shape index (κ1) is 24.1. The molecule has 0 saturated heterocycles. The highest BCUT2D eigenvalue weighted by Gasteiger charge is 2.22. The molecule has 3 heteroatoms. The van der Waals surface area contributed by atoms with E-state index >= 15 is 0 Å². The third kappa shape index (κ3) is 6.73. The maximum absolute atomic E-state index is 5.28. The van der Waals surface area contributed by atoms with Crippen molar-refractivity contribution in [2.45, 2.75) is 136 Å². The van der Waals surface area contributed by atoms with Gasteiger partial charge in [0, 0.05) is 11.7 Å². The van der Waals surface area contributed by atoms with E-state index < -0.39 is 0 Å². The van der Waals surface area contributed by atoms with Crippen molar-refractivity contribution in [3.8, 4) is 0 Å². The second kappa shape index (κ2) is 11.4. The van der Waals surface area contributed by atoms with Crippen molar-refractivity contribution in [3.63, 3.8) is 0 Å². The van der Waals surface area contributed by atoms with Crippen molar-refractivity contribution in [1.29, 1.82) is 0 Å². The largest absolute Gasteiger partial charge is 0.353 e. The average Bonchev–Trinajstić information content (AvgIpc) is 2.74. The summed E-state index contributed by atoms with van der Waals surface area (Å²) < 4.78 is 0. The molecular weight excluding hydrogens is 378 g/mol. The summed E-state index contributed by atoms with van der Waals surface area (Å²) in [7, 11) is 0. The van der Waals surface area contributed by atoms with Crippen molar-refractivity contribution < 1.29 is 0 Å². The lowest BCUT2D eigenvalue weighted by Gasteiger charge is -2.29. The van der Waals surface area contributed by atoms with E-state index in [9.17, 15) is 0 Å². The molecule has 1 aromatic rings. The molecule has 31 heavy (non-hydrogen) atoms. The number of hydrogen-bond donors (Lipinski definition) is 2. The minimum Gasteiger partial charge on any atom is -0.353 e. The highest BCUT2D eigenvalue weighted by atomic mass is 15.2. The van der Waals surface area contributed by atoms with Gasteiger partial charge in [0.05, 0.1) is 6.04 Å². The summed E-state index contributed by atoms with van der Waals surface area (Å²) >= 11 is 0. The molecule has 0 heterocycles. The minimum absolute atomic E-state index is 0.465. The lowest BCUT2D eigenvalue weighted by molar-refractivity contribution is 0.408. The van der Waals surface area contributed by atoms with Crippen LogP contribution in [-0.2, 0) is 0 Å². The standard InChI is InChI=1S/C28H47N3/c1-19(2)22-17-25(20(3)4)27(26(18-22)21(5)6)31-28(29-23-13-9-7-10-14-23)30-24-15-11-8-12-16-24/h17-21,23-24H,7-16H2,1-6H3,(H2,29,30,31). The topological polar surface area (TPSA) is 36.4 Å². The number of anilines is 1. The quantitative estimate of drug-likeness (QED) is 0.357. The van der Waals surface area contributed by atoms with Gasteiger partial charge < -0.3 is 10.6 Å². The SMILES string of the molecule is CC(C)c1cc(C(C)C)c(NC(=NC2CCCCC2)NC2CCCCC2)c(C(C)C)c1. The van der Waals surface area contributed by atoms with Crippen molar-refractivity contribution in [2.24, 2.45) is 4.99 Å². The first-order chi connectivity index (χ1) is 14.8. The van der Waals surface area contributed by atoms with Gasteiger partial charge in [0.2, 0.25) is 0 Å². The lowest BCUT2D eigenvalue weighted by Crippen LogP contribution is -2.41. The van der Waals surface area contributed by atoms with Gasteiger partial charge >= 0.3 is 0 Å². The summed E-state index contributed by atoms with van der Waals surface area (Å²) in [5.41, 5.74) is 5.60. The molecule has 2 aliphatic carbocycles. The van der Waals surface area contributed by atoms with Crippen LogP contribution in [0.5, 0.6) is 0 Å². The maximum atomic E-state index is 5.28. The van der Waals surface area contributed by atoms with Crippen LogP contribution >= 0.6 is 0 Å². The van der Waals surface area contributed by atoms with Crippen molar-refractivity contribution in [1.82, 2.24) is 5.32 Å². The Morgan fingerprint density at radius 3 is 1.74 bits per heavy atom. The number of nitrogens with zero attached hydrogens (tertiary/aromatic N) is 1. The third-order valence-corrected chi connectivity index (χ3v) is 7.21. The zero-order valence-electron chi connectivity index (χ0n) is 21.1. The maximum Gasteiger partial charge on any atom is 0.196 e. The molecule has 0 radical (unpaired) electrons. The molecule has 2 fully saturated rings. The monoisotopic (exact) mass is 425 g/mol. The molecule has 2 N–H and O–H groups in total. The van der Waals surface area contributed by atoms with E-state index in [1.165, 1.54) is 86.6 Å². The molecule has 0 atom stereocenters. The number of aliphatic imine (C=N–C) groups is 1. The molecular formula is C28H47N3. The van der Waals surface area contributed by atoms with Crippen LogP contribution in [0.3, 0.4) is 0 Å². The Balaban J connectivity index is 1.96. The number of rotatable bonds is 6. The lowest BCUT2D eigenvalue weighted by atomic mass is 9.87. The molecule has 0 amide bonds. The van der Waals surface area contributed by atoms with Gasteiger partial charge in [0.15, 0.2) is 5.96 Å². The molecule has 2 saturated carbocycles. The number of hydrogen-bond acceptors (Lipinski definition) is 1. The van der Waals surface area contributed by atoms with Crippen LogP contribution in [0, 0.1) is 0 Å². The normalized spacial score (nSPS) is 19.5. The molecule has 0 aliphatic heterocycles. The fourth-order valence-electron chi connectivity index (χ4n) is 5.16. The smallest absolute Gasteiger partial charge is 0.196 e. The van der Waals surface area contributed by atoms with Crippen LogP contribution in [0.4, 0.5) is 5.69 Å². The zero-order chi connectivity index (χ0) is 22.4. The van der Waals surface area contributed by atoms with Crippen LogP contribution in [0.15, 0.2) is 17.1 Å². The Morgan fingerprint density at radius 1 is 0.742 bits per heavy atom. The van der Waals surface area contributed by atoms with Gasteiger partial charge in [-0.15, -0.1) is 0 Å². The fourth-order valence-corrected chi connectivity index (χ4v) is 5.16. The highest BCUT2D eigenvalue weighted by Crippen LogP contribution is 2.36. The summed E-state index contributed by atoms with van der Waals surface area (Å²) in [6.45, 7) is 13.9. The molecule has 174 valence electrons. The first-order valence-electron chi connectivity index (χ1n) is 13.1. The van der Waals surface area contributed by atoms with E-state index in [2.05, 4.69) is 64.3 Å². The van der Waals surface area contributed by atoms with Crippen molar-refractivity contribution >= 4 is 11.6 Å². The van der Waals surface area contributed by atoms with E-state index in [1.807, 2.05) is 0 Å². The van der Waals surface area contributed by atoms with Gasteiger partial charge in [0.1, 0.15) is 0 Å². The van der Waals surface area contributed by atoms with Gasteiger partial charge in [0.25, 0.3) is 0 Å². The zero-order valence-corrected chi connectivity index (χ0v) is 21.1. The number of nitrogens with one attached hydrogen (secondary N) is 2. The van der Waals surface area contributed by atoms with Gasteiger partial charge in [-0.05, 0) is 60.1 Å². The number of guanidine groups is 1. The summed E-state index contributed by atoms with van der Waals surface area (Å²) in [4.78, 5) is 5.28. The van der Waals surface area contributed by atoms with Gasteiger partial charge in [-0.2, -0.15) is 0 Å². The van der Waals surface area contributed by atoms with Crippen LogP contribution in [-0.4, -0.2) is 18.0 Å². The highest BCUT2D eigenvalue weighted by molar-refractivity contribution is 5.95. The molecule has 3 nitrogen and oxygen atoms in total. The Kier molecular flexibility index (Phi) is 8.86. The second-order valence-electron chi connectivity index (χ2n) is 10.9. The van der Waals surface area contributed by atoms with E-state index in [0.717, 1.165) is 5.96 Å². The van der Waals surface area contributed by atoms with Crippen molar-refractivity contribution in [2.75, 3.05) is 5.32 Å². The Hall–Kier alpha value is -1.51. The molecule has 0 aromatic heterocycles. The summed E-state index contributed by atoms with van der Waals surface area (Å²) in [5.74, 6) is 2.52. The molecule has 3 rings (SSSR count). The second-order valence-corrected chi connectivity index (χ2v) is 10.9. The summed E-state index contributed by atoms with van der Waals surface area (Å²) in [5, 5.41) is 7.74. The summed E-state index contributed by atoms with van der Waals surface area (Å²) in [6.07, 6.45) is 13.1. The number of benzene rings is 1. The van der Waals surface area contributed by atoms with Gasteiger partial charge in [-0.3, -0.25) is 0 Å².